The molecule has 0 amide bonds. The lowest BCUT2D eigenvalue weighted by Crippen LogP contribution is -2.24. The number of halogens is 1. The molecule has 19 heavy (non-hydrogen) atoms. The molecular formula is C14H19BrN4. The lowest BCUT2D eigenvalue weighted by atomic mass is 10.0. The van der Waals surface area contributed by atoms with Crippen molar-refractivity contribution in [2.45, 2.75) is 32.9 Å². The van der Waals surface area contributed by atoms with Gasteiger partial charge in [0.1, 0.15) is 0 Å². The van der Waals surface area contributed by atoms with Crippen molar-refractivity contribution in [2.24, 2.45) is 5.92 Å². The van der Waals surface area contributed by atoms with Crippen molar-refractivity contribution in [3.05, 3.63) is 22.9 Å². The predicted octanol–water partition coefficient (Wildman–Crippen LogP) is 3.27. The Morgan fingerprint density at radius 1 is 1.47 bits per heavy atom. The Labute approximate surface area is 121 Å². The maximum atomic E-state index is 4.53. The van der Waals surface area contributed by atoms with Gasteiger partial charge in [-0.15, -0.1) is 0 Å². The molecule has 1 aliphatic heterocycles. The molecule has 1 unspecified atom stereocenters. The van der Waals surface area contributed by atoms with Gasteiger partial charge in [-0.2, -0.15) is 5.10 Å². The molecule has 5 heteroatoms. The second-order valence-electron chi connectivity index (χ2n) is 5.40. The van der Waals surface area contributed by atoms with E-state index in [1.807, 2.05) is 4.68 Å². The Bertz CT molecular complexity index is 566. The number of pyridine rings is 1. The standard InChI is InChI=1S/C14H19BrN4/c1-2-3-11-4-5-18(8-11)10-19-9-12-6-13(15)7-16-14(12)17-19/h6-7,9,11H,2-5,8,10H2,1H3. The van der Waals surface area contributed by atoms with Crippen LogP contribution >= 0.6 is 15.9 Å². The van der Waals surface area contributed by atoms with E-state index >= 15 is 0 Å². The summed E-state index contributed by atoms with van der Waals surface area (Å²) in [7, 11) is 0. The molecule has 1 aliphatic rings. The van der Waals surface area contributed by atoms with E-state index in [1.165, 1.54) is 32.4 Å². The molecule has 1 fully saturated rings. The number of rotatable bonds is 4. The lowest BCUT2D eigenvalue weighted by Gasteiger charge is -2.15. The number of nitrogens with zero attached hydrogens (tertiary/aromatic N) is 4. The van der Waals surface area contributed by atoms with Gasteiger partial charge in [-0.25, -0.2) is 4.98 Å². The first-order chi connectivity index (χ1) is 9.24. The third kappa shape index (κ3) is 2.98. The van der Waals surface area contributed by atoms with Gasteiger partial charge < -0.3 is 0 Å². The van der Waals surface area contributed by atoms with Crippen molar-refractivity contribution >= 4 is 27.0 Å². The van der Waals surface area contributed by atoms with E-state index in [9.17, 15) is 0 Å². The Hall–Kier alpha value is -0.940. The molecule has 3 heterocycles. The fourth-order valence-electron chi connectivity index (χ4n) is 2.90. The summed E-state index contributed by atoms with van der Waals surface area (Å²) < 4.78 is 3.02. The van der Waals surface area contributed by atoms with Gasteiger partial charge in [0.05, 0.1) is 6.67 Å². The molecule has 1 saturated heterocycles. The van der Waals surface area contributed by atoms with Gasteiger partial charge in [0.2, 0.25) is 0 Å². The van der Waals surface area contributed by atoms with Crippen LogP contribution in [0.5, 0.6) is 0 Å². The summed E-state index contributed by atoms with van der Waals surface area (Å²) in [5, 5.41) is 5.63. The summed E-state index contributed by atoms with van der Waals surface area (Å²) in [4.78, 5) is 6.81. The third-order valence-corrected chi connectivity index (χ3v) is 4.22. The fraction of sp³-hybridized carbons (Fsp3) is 0.571. The molecule has 3 rings (SSSR count). The largest absolute Gasteiger partial charge is 0.284 e. The van der Waals surface area contributed by atoms with Crippen LogP contribution in [-0.2, 0) is 6.67 Å². The predicted molar refractivity (Wildman–Crippen MR) is 79.8 cm³/mol. The van der Waals surface area contributed by atoms with Crippen LogP contribution < -0.4 is 0 Å². The molecule has 1 atom stereocenters. The van der Waals surface area contributed by atoms with E-state index in [-0.39, 0.29) is 0 Å². The first-order valence-corrected chi connectivity index (χ1v) is 7.75. The summed E-state index contributed by atoms with van der Waals surface area (Å²) in [5.74, 6) is 0.877. The number of fused-ring (bicyclic) bond motifs is 1. The third-order valence-electron chi connectivity index (χ3n) is 3.78. The fourth-order valence-corrected chi connectivity index (χ4v) is 3.25. The smallest absolute Gasteiger partial charge is 0.181 e. The summed E-state index contributed by atoms with van der Waals surface area (Å²) in [6.45, 7) is 5.56. The van der Waals surface area contributed by atoms with Crippen molar-refractivity contribution in [2.75, 3.05) is 13.1 Å². The minimum Gasteiger partial charge on any atom is -0.284 e. The van der Waals surface area contributed by atoms with Crippen LogP contribution in [0, 0.1) is 5.92 Å². The van der Waals surface area contributed by atoms with Gasteiger partial charge in [-0.05, 0) is 40.8 Å². The first kappa shape index (κ1) is 13.1. The molecule has 0 saturated carbocycles. The van der Waals surface area contributed by atoms with Gasteiger partial charge in [0.25, 0.3) is 0 Å². The highest BCUT2D eigenvalue weighted by Gasteiger charge is 2.21. The minimum atomic E-state index is 0.826. The molecule has 102 valence electrons. The average molecular weight is 323 g/mol. The van der Waals surface area contributed by atoms with Gasteiger partial charge in [-0.1, -0.05) is 13.3 Å². The maximum absolute atomic E-state index is 4.53. The zero-order valence-electron chi connectivity index (χ0n) is 11.2. The van der Waals surface area contributed by atoms with Crippen LogP contribution in [-0.4, -0.2) is 32.8 Å². The number of hydrogen-bond acceptors (Lipinski definition) is 3. The maximum Gasteiger partial charge on any atom is 0.181 e. The van der Waals surface area contributed by atoms with E-state index in [4.69, 9.17) is 0 Å². The zero-order chi connectivity index (χ0) is 13.2. The van der Waals surface area contributed by atoms with Crippen LogP contribution in [0.15, 0.2) is 22.9 Å². The summed E-state index contributed by atoms with van der Waals surface area (Å²) in [5.41, 5.74) is 0.826. The highest BCUT2D eigenvalue weighted by Crippen LogP contribution is 2.22. The molecule has 0 N–H and O–H groups in total. The van der Waals surface area contributed by atoms with E-state index in [0.717, 1.165) is 28.1 Å². The summed E-state index contributed by atoms with van der Waals surface area (Å²) in [6.07, 6.45) is 7.86. The lowest BCUT2D eigenvalue weighted by molar-refractivity contribution is 0.245. The number of aromatic nitrogens is 3. The van der Waals surface area contributed by atoms with Crippen molar-refractivity contribution in [1.82, 2.24) is 19.7 Å². The van der Waals surface area contributed by atoms with Crippen LogP contribution in [0.3, 0.4) is 0 Å². The molecule has 0 aliphatic carbocycles. The Kier molecular flexibility index (Phi) is 3.84. The van der Waals surface area contributed by atoms with Gasteiger partial charge in [-0.3, -0.25) is 9.58 Å². The molecule has 2 aromatic heterocycles. The number of hydrogen-bond donors (Lipinski definition) is 0. The van der Waals surface area contributed by atoms with E-state index in [1.54, 1.807) is 6.20 Å². The van der Waals surface area contributed by atoms with E-state index in [0.29, 0.717) is 0 Å². The summed E-state index contributed by atoms with van der Waals surface area (Å²) >= 11 is 3.45. The molecule has 2 aromatic rings. The SMILES string of the molecule is CCCC1CCN(Cn2cc3cc(Br)cnc3n2)C1. The van der Waals surface area contributed by atoms with Gasteiger partial charge in [0, 0.05) is 35.3 Å². The van der Waals surface area contributed by atoms with Crippen LogP contribution in [0.4, 0.5) is 0 Å². The minimum absolute atomic E-state index is 0.826. The normalized spacial score (nSPS) is 20.4. The van der Waals surface area contributed by atoms with Gasteiger partial charge in [0.15, 0.2) is 5.65 Å². The quantitative estimate of drug-likeness (QED) is 0.866. The van der Waals surface area contributed by atoms with Crippen molar-refractivity contribution in [3.63, 3.8) is 0 Å². The van der Waals surface area contributed by atoms with Crippen LogP contribution in [0.25, 0.3) is 11.0 Å². The highest BCUT2D eigenvalue weighted by molar-refractivity contribution is 9.10. The molecule has 0 radical (unpaired) electrons. The summed E-state index contributed by atoms with van der Waals surface area (Å²) in [6, 6.07) is 2.07. The average Bonchev–Trinajstić information content (AvgIpc) is 2.96. The number of likely N-dealkylation sites (tertiary alicyclic amines) is 1. The first-order valence-electron chi connectivity index (χ1n) is 6.95. The Morgan fingerprint density at radius 2 is 2.37 bits per heavy atom. The van der Waals surface area contributed by atoms with Crippen LogP contribution in [0.1, 0.15) is 26.2 Å². The Morgan fingerprint density at radius 3 is 3.21 bits per heavy atom. The topological polar surface area (TPSA) is 34.0 Å². The Balaban J connectivity index is 1.68. The highest BCUT2D eigenvalue weighted by atomic mass is 79.9. The van der Waals surface area contributed by atoms with Crippen molar-refractivity contribution in [1.29, 1.82) is 0 Å². The monoisotopic (exact) mass is 322 g/mol. The molecular weight excluding hydrogens is 304 g/mol. The van der Waals surface area contributed by atoms with E-state index in [2.05, 4.69) is 50.1 Å². The second kappa shape index (κ2) is 5.59. The molecule has 4 nitrogen and oxygen atoms in total. The van der Waals surface area contributed by atoms with Crippen LogP contribution in [0.2, 0.25) is 0 Å². The van der Waals surface area contributed by atoms with E-state index < -0.39 is 0 Å². The molecule has 0 bridgehead atoms. The second-order valence-corrected chi connectivity index (χ2v) is 6.31. The van der Waals surface area contributed by atoms with Crippen molar-refractivity contribution in [3.8, 4) is 0 Å². The zero-order valence-corrected chi connectivity index (χ0v) is 12.8. The van der Waals surface area contributed by atoms with Crippen molar-refractivity contribution < 1.29 is 0 Å². The molecule has 0 aromatic carbocycles. The molecule has 0 spiro atoms. The van der Waals surface area contributed by atoms with Gasteiger partial charge >= 0.3 is 0 Å².